The van der Waals surface area contributed by atoms with Crippen LogP contribution in [0.2, 0.25) is 0 Å². The number of hydrogen-bond acceptors (Lipinski definition) is 7. The fraction of sp³-hybridized carbons (Fsp3) is 0.211. The zero-order chi connectivity index (χ0) is 20.0. The Labute approximate surface area is 162 Å². The van der Waals surface area contributed by atoms with Crippen LogP contribution in [0.5, 0.6) is 11.5 Å². The summed E-state index contributed by atoms with van der Waals surface area (Å²) in [6.45, 7) is 6.55. The van der Waals surface area contributed by atoms with Gasteiger partial charge in [0.1, 0.15) is 5.75 Å². The van der Waals surface area contributed by atoms with Gasteiger partial charge < -0.3 is 21.2 Å². The van der Waals surface area contributed by atoms with Crippen molar-refractivity contribution in [1.29, 1.82) is 0 Å². The van der Waals surface area contributed by atoms with E-state index in [9.17, 15) is 4.39 Å². The third-order valence-electron chi connectivity index (χ3n) is 3.51. The van der Waals surface area contributed by atoms with E-state index < -0.39 is 5.82 Å². The Morgan fingerprint density at radius 2 is 2.00 bits per heavy atom. The highest BCUT2D eigenvalue weighted by molar-refractivity contribution is 7.20. The van der Waals surface area contributed by atoms with Crippen LogP contribution in [0.3, 0.4) is 0 Å². The molecular weight excluding hydrogens is 365 g/mol. The lowest BCUT2D eigenvalue weighted by Crippen LogP contribution is -2.25. The Morgan fingerprint density at radius 1 is 1.26 bits per heavy atom. The highest BCUT2D eigenvalue weighted by Crippen LogP contribution is 2.37. The molecule has 8 heteroatoms. The van der Waals surface area contributed by atoms with Crippen molar-refractivity contribution in [3.8, 4) is 11.5 Å². The number of halogens is 1. The molecule has 0 bridgehead atoms. The fourth-order valence-electron chi connectivity index (χ4n) is 2.19. The Morgan fingerprint density at radius 3 is 2.67 bits per heavy atom. The molecule has 0 aliphatic heterocycles. The number of rotatable bonds is 5. The van der Waals surface area contributed by atoms with Crippen LogP contribution in [0, 0.1) is 5.82 Å². The number of hydrogen-bond donors (Lipinski definition) is 3. The summed E-state index contributed by atoms with van der Waals surface area (Å²) in [5, 5.41) is 1.49. The molecule has 6 nitrogen and oxygen atoms in total. The highest BCUT2D eigenvalue weighted by atomic mass is 32.1. The first-order valence-electron chi connectivity index (χ1n) is 8.58. The number of thiophene rings is 1. The van der Waals surface area contributed by atoms with Gasteiger partial charge >= 0.3 is 0 Å². The Kier molecular flexibility index (Phi) is 6.98. The van der Waals surface area contributed by atoms with Crippen molar-refractivity contribution in [2.45, 2.75) is 20.8 Å². The molecule has 2 aromatic heterocycles. The van der Waals surface area contributed by atoms with Gasteiger partial charge in [-0.15, -0.1) is 11.3 Å². The molecule has 0 fully saturated rings. The van der Waals surface area contributed by atoms with Crippen molar-refractivity contribution in [3.05, 3.63) is 53.4 Å². The van der Waals surface area contributed by atoms with Gasteiger partial charge in [0, 0.05) is 36.8 Å². The van der Waals surface area contributed by atoms with Crippen LogP contribution < -0.4 is 22.0 Å². The van der Waals surface area contributed by atoms with Crippen molar-refractivity contribution >= 4 is 32.9 Å². The van der Waals surface area contributed by atoms with Crippen molar-refractivity contribution in [3.63, 3.8) is 0 Å². The topological polar surface area (TPSA) is 103 Å². The van der Waals surface area contributed by atoms with E-state index in [1.807, 2.05) is 26.8 Å². The van der Waals surface area contributed by atoms with E-state index in [1.165, 1.54) is 28.5 Å². The maximum atomic E-state index is 14.0. The van der Waals surface area contributed by atoms with E-state index in [4.69, 9.17) is 22.0 Å². The molecule has 27 heavy (non-hydrogen) atoms. The predicted octanol–water partition coefficient (Wildman–Crippen LogP) is 4.29. The second-order valence-electron chi connectivity index (χ2n) is 5.34. The van der Waals surface area contributed by atoms with Crippen LogP contribution >= 0.6 is 11.3 Å². The Hall–Kier alpha value is -2.84. The van der Waals surface area contributed by atoms with Crippen LogP contribution in [0.1, 0.15) is 25.6 Å². The summed E-state index contributed by atoms with van der Waals surface area (Å²) in [5.74, 6) is 5.83. The molecule has 6 N–H and O–H groups in total. The molecule has 0 unspecified atom stereocenters. The third kappa shape index (κ3) is 4.87. The van der Waals surface area contributed by atoms with E-state index in [2.05, 4.69) is 4.98 Å². The number of nitrogens with zero attached hydrogens (tertiary/aromatic N) is 2. The second-order valence-corrected chi connectivity index (χ2v) is 6.39. The molecule has 0 aliphatic carbocycles. The maximum Gasteiger partial charge on any atom is 0.167 e. The number of nitrogen functional groups attached to an aromatic ring is 1. The van der Waals surface area contributed by atoms with Gasteiger partial charge in [-0.2, -0.15) is 0 Å². The van der Waals surface area contributed by atoms with Gasteiger partial charge in [0.25, 0.3) is 0 Å². The molecule has 0 atom stereocenters. The predicted molar refractivity (Wildman–Crippen MR) is 111 cm³/mol. The van der Waals surface area contributed by atoms with Crippen LogP contribution in [-0.2, 0) is 0 Å². The molecule has 3 rings (SSSR count). The third-order valence-corrected chi connectivity index (χ3v) is 4.69. The van der Waals surface area contributed by atoms with Crippen molar-refractivity contribution in [1.82, 2.24) is 9.99 Å². The molecular formula is C19H24FN5OS. The zero-order valence-electron chi connectivity index (χ0n) is 15.6. The zero-order valence-corrected chi connectivity index (χ0v) is 16.4. The molecule has 1 aromatic carbocycles. The Balaban J connectivity index is 0.00000126. The van der Waals surface area contributed by atoms with Gasteiger partial charge in [-0.25, -0.2) is 10.2 Å². The first-order chi connectivity index (χ1) is 13.0. The van der Waals surface area contributed by atoms with E-state index in [1.54, 1.807) is 24.5 Å². The lowest BCUT2D eigenvalue weighted by molar-refractivity contribution is 0.418. The lowest BCUT2D eigenvalue weighted by Gasteiger charge is -2.10. The summed E-state index contributed by atoms with van der Waals surface area (Å²) in [4.78, 5) is 5.12. The van der Waals surface area contributed by atoms with Crippen LogP contribution in [-0.4, -0.2) is 16.5 Å². The normalized spacial score (nSPS) is 11.1. The summed E-state index contributed by atoms with van der Waals surface area (Å²) in [6.07, 6.45) is 3.26. The van der Waals surface area contributed by atoms with Gasteiger partial charge in [-0.3, -0.25) is 4.98 Å². The second kappa shape index (κ2) is 9.20. The number of aromatic nitrogens is 1. The van der Waals surface area contributed by atoms with Crippen molar-refractivity contribution < 1.29 is 9.13 Å². The maximum absolute atomic E-state index is 14.0. The Bertz CT molecular complexity index is 941. The molecule has 144 valence electrons. The lowest BCUT2D eigenvalue weighted by atomic mass is 10.3. The SMILES string of the molecule is CC.CCN(N)/C=C(\N)c1cc2nccc(Oc3ccc(N)cc3F)c2s1. The molecule has 0 spiro atoms. The van der Waals surface area contributed by atoms with Crippen LogP contribution in [0.4, 0.5) is 10.1 Å². The number of benzene rings is 1. The summed E-state index contributed by atoms with van der Waals surface area (Å²) >= 11 is 1.40. The smallest absolute Gasteiger partial charge is 0.167 e. The number of anilines is 1. The van der Waals surface area contributed by atoms with Gasteiger partial charge in [-0.1, -0.05) is 13.8 Å². The summed E-state index contributed by atoms with van der Waals surface area (Å²) in [5.41, 5.74) is 13.2. The minimum absolute atomic E-state index is 0.0966. The fourth-order valence-corrected chi connectivity index (χ4v) is 3.18. The molecule has 0 amide bonds. The van der Waals surface area contributed by atoms with Gasteiger partial charge in [-0.05, 0) is 25.1 Å². The number of hydrazine groups is 1. The average molecular weight is 390 g/mol. The highest BCUT2D eigenvalue weighted by Gasteiger charge is 2.13. The van der Waals surface area contributed by atoms with Crippen LogP contribution in [0.25, 0.3) is 15.9 Å². The minimum atomic E-state index is -0.525. The first kappa shape index (κ1) is 20.5. The number of nitrogens with two attached hydrogens (primary N) is 3. The number of ether oxygens (including phenoxy) is 1. The van der Waals surface area contributed by atoms with E-state index in [0.29, 0.717) is 29.2 Å². The molecule has 2 heterocycles. The number of pyridine rings is 1. The molecule has 0 saturated heterocycles. The van der Waals surface area contributed by atoms with E-state index >= 15 is 0 Å². The standard InChI is InChI=1S/C17H18FN5OS.C2H6/c1-2-23(21)9-12(20)16-8-13-17(25-16)15(5-6-22-13)24-14-4-3-10(19)7-11(14)18;1-2/h3-9H,2,19-21H2,1H3;1-2H3/b12-9-;. The summed E-state index contributed by atoms with van der Waals surface area (Å²) in [7, 11) is 0. The minimum Gasteiger partial charge on any atom is -0.453 e. The van der Waals surface area contributed by atoms with Gasteiger partial charge in [0.2, 0.25) is 0 Å². The van der Waals surface area contributed by atoms with Gasteiger partial charge in [0.15, 0.2) is 11.6 Å². The van der Waals surface area contributed by atoms with Crippen molar-refractivity contribution in [2.24, 2.45) is 11.6 Å². The average Bonchev–Trinajstić information content (AvgIpc) is 3.11. The van der Waals surface area contributed by atoms with Crippen LogP contribution in [0.15, 0.2) is 42.7 Å². The molecule has 0 radical (unpaired) electrons. The van der Waals surface area contributed by atoms with E-state index in [0.717, 1.165) is 9.58 Å². The molecule has 3 aromatic rings. The van der Waals surface area contributed by atoms with Gasteiger partial charge in [0.05, 0.1) is 20.8 Å². The summed E-state index contributed by atoms with van der Waals surface area (Å²) in [6, 6.07) is 7.82. The van der Waals surface area contributed by atoms with E-state index in [-0.39, 0.29) is 5.75 Å². The van der Waals surface area contributed by atoms with Crippen molar-refractivity contribution in [2.75, 3.05) is 12.3 Å². The molecule has 0 aliphatic rings. The quantitative estimate of drug-likeness (QED) is 0.342. The largest absolute Gasteiger partial charge is 0.453 e. The summed E-state index contributed by atoms with van der Waals surface area (Å²) < 4.78 is 20.5. The molecule has 0 saturated carbocycles. The number of fused-ring (bicyclic) bond motifs is 1. The monoisotopic (exact) mass is 389 g/mol. The first-order valence-corrected chi connectivity index (χ1v) is 9.40.